The SMILES string of the molecule is C=CCN(CC(=O)N1CCc2sccc2C1c1ccccc1)C(=O)c1ccco1. The highest BCUT2D eigenvalue weighted by Crippen LogP contribution is 2.37. The minimum absolute atomic E-state index is 0.0195. The predicted octanol–water partition coefficient (Wildman–Crippen LogP) is 4.14. The lowest BCUT2D eigenvalue weighted by atomic mass is 9.93. The van der Waals surface area contributed by atoms with E-state index in [0.717, 1.165) is 12.0 Å². The van der Waals surface area contributed by atoms with Crippen LogP contribution in [0.2, 0.25) is 0 Å². The van der Waals surface area contributed by atoms with Crippen molar-refractivity contribution in [2.24, 2.45) is 0 Å². The molecule has 0 fully saturated rings. The maximum Gasteiger partial charge on any atom is 0.290 e. The average Bonchev–Trinajstić information content (AvgIpc) is 3.44. The number of carbonyl (C=O) groups excluding carboxylic acids is 2. The van der Waals surface area contributed by atoms with Crippen molar-refractivity contribution in [2.45, 2.75) is 12.5 Å². The Labute approximate surface area is 173 Å². The molecular weight excluding hydrogens is 384 g/mol. The van der Waals surface area contributed by atoms with Crippen LogP contribution in [0.25, 0.3) is 0 Å². The van der Waals surface area contributed by atoms with Crippen molar-refractivity contribution in [3.63, 3.8) is 0 Å². The Morgan fingerprint density at radius 1 is 1.21 bits per heavy atom. The number of hydrogen-bond donors (Lipinski definition) is 0. The van der Waals surface area contributed by atoms with Gasteiger partial charge >= 0.3 is 0 Å². The Kier molecular flexibility index (Phi) is 5.62. The molecule has 0 aliphatic carbocycles. The third-order valence-electron chi connectivity index (χ3n) is 5.10. The number of hydrogen-bond acceptors (Lipinski definition) is 4. The molecule has 1 aliphatic heterocycles. The van der Waals surface area contributed by atoms with E-state index >= 15 is 0 Å². The van der Waals surface area contributed by atoms with E-state index in [9.17, 15) is 9.59 Å². The van der Waals surface area contributed by atoms with Crippen LogP contribution in [0.15, 0.2) is 77.2 Å². The molecule has 3 aromatic rings. The third-order valence-corrected chi connectivity index (χ3v) is 6.09. The zero-order valence-electron chi connectivity index (χ0n) is 16.0. The van der Waals surface area contributed by atoms with E-state index in [0.29, 0.717) is 6.54 Å². The quantitative estimate of drug-likeness (QED) is 0.578. The van der Waals surface area contributed by atoms with Gasteiger partial charge in [0.2, 0.25) is 5.91 Å². The summed E-state index contributed by atoms with van der Waals surface area (Å²) < 4.78 is 5.23. The van der Waals surface area contributed by atoms with Crippen LogP contribution >= 0.6 is 11.3 Å². The molecule has 29 heavy (non-hydrogen) atoms. The van der Waals surface area contributed by atoms with Gasteiger partial charge in [0, 0.05) is 18.0 Å². The Bertz CT molecular complexity index is 994. The summed E-state index contributed by atoms with van der Waals surface area (Å²) in [4.78, 5) is 30.8. The molecule has 5 nitrogen and oxygen atoms in total. The van der Waals surface area contributed by atoms with E-state index in [1.54, 1.807) is 29.5 Å². The van der Waals surface area contributed by atoms with Gasteiger partial charge in [0.25, 0.3) is 5.91 Å². The number of rotatable bonds is 6. The molecule has 0 bridgehead atoms. The van der Waals surface area contributed by atoms with Crippen LogP contribution in [0.5, 0.6) is 0 Å². The second-order valence-corrected chi connectivity index (χ2v) is 7.90. The van der Waals surface area contributed by atoms with Gasteiger partial charge in [-0.1, -0.05) is 36.4 Å². The molecule has 2 amide bonds. The predicted molar refractivity (Wildman–Crippen MR) is 113 cm³/mol. The molecule has 0 saturated heterocycles. The van der Waals surface area contributed by atoms with Crippen LogP contribution < -0.4 is 0 Å². The van der Waals surface area contributed by atoms with Gasteiger partial charge in [-0.15, -0.1) is 17.9 Å². The van der Waals surface area contributed by atoms with E-state index in [1.807, 2.05) is 35.2 Å². The molecule has 2 aromatic heterocycles. The Hall–Kier alpha value is -3.12. The number of benzene rings is 1. The van der Waals surface area contributed by atoms with Crippen molar-refractivity contribution >= 4 is 23.2 Å². The van der Waals surface area contributed by atoms with Crippen molar-refractivity contribution < 1.29 is 14.0 Å². The van der Waals surface area contributed by atoms with Crippen LogP contribution in [0.3, 0.4) is 0 Å². The number of amides is 2. The van der Waals surface area contributed by atoms with Crippen LogP contribution in [-0.4, -0.2) is 41.2 Å². The van der Waals surface area contributed by atoms with Crippen molar-refractivity contribution in [3.05, 3.63) is 94.6 Å². The van der Waals surface area contributed by atoms with Crippen LogP contribution in [0.4, 0.5) is 0 Å². The van der Waals surface area contributed by atoms with Gasteiger partial charge in [0.15, 0.2) is 5.76 Å². The molecule has 1 unspecified atom stereocenters. The minimum atomic E-state index is -0.312. The smallest absolute Gasteiger partial charge is 0.290 e. The normalized spacial score (nSPS) is 15.6. The van der Waals surface area contributed by atoms with Gasteiger partial charge in [-0.3, -0.25) is 9.59 Å². The third kappa shape index (κ3) is 3.89. The first-order valence-corrected chi connectivity index (χ1v) is 10.4. The molecule has 0 saturated carbocycles. The second-order valence-electron chi connectivity index (χ2n) is 6.90. The molecule has 1 aliphatic rings. The molecule has 1 atom stereocenters. The average molecular weight is 407 g/mol. The van der Waals surface area contributed by atoms with Crippen molar-refractivity contribution in [2.75, 3.05) is 19.6 Å². The fraction of sp³-hybridized carbons (Fsp3) is 0.217. The van der Waals surface area contributed by atoms with Gasteiger partial charge in [0.1, 0.15) is 6.54 Å². The van der Waals surface area contributed by atoms with E-state index in [2.05, 4.69) is 18.0 Å². The summed E-state index contributed by atoms with van der Waals surface area (Å²) in [6, 6.07) is 15.3. The van der Waals surface area contributed by atoms with Gasteiger partial charge in [-0.25, -0.2) is 0 Å². The maximum absolute atomic E-state index is 13.3. The van der Waals surface area contributed by atoms with Crippen LogP contribution in [-0.2, 0) is 11.2 Å². The highest BCUT2D eigenvalue weighted by atomic mass is 32.1. The topological polar surface area (TPSA) is 53.8 Å². The first-order chi connectivity index (χ1) is 14.2. The molecule has 1 aromatic carbocycles. The molecule has 0 spiro atoms. The highest BCUT2D eigenvalue weighted by molar-refractivity contribution is 7.10. The monoisotopic (exact) mass is 406 g/mol. The molecule has 0 N–H and O–H groups in total. The molecule has 0 radical (unpaired) electrons. The number of fused-ring (bicyclic) bond motifs is 1. The molecule has 148 valence electrons. The van der Waals surface area contributed by atoms with Gasteiger partial charge in [-0.05, 0) is 41.1 Å². The Balaban J connectivity index is 1.60. The summed E-state index contributed by atoms with van der Waals surface area (Å²) >= 11 is 1.73. The van der Waals surface area contributed by atoms with E-state index in [-0.39, 0.29) is 36.7 Å². The molecule has 4 rings (SSSR count). The van der Waals surface area contributed by atoms with Crippen molar-refractivity contribution in [1.82, 2.24) is 9.80 Å². The summed E-state index contributed by atoms with van der Waals surface area (Å²) in [5.74, 6) is -0.178. The summed E-state index contributed by atoms with van der Waals surface area (Å²) in [5, 5.41) is 2.08. The number of furan rings is 1. The fourth-order valence-corrected chi connectivity index (χ4v) is 4.67. The Morgan fingerprint density at radius 2 is 2.03 bits per heavy atom. The maximum atomic E-state index is 13.3. The summed E-state index contributed by atoms with van der Waals surface area (Å²) in [6.07, 6.45) is 3.90. The Morgan fingerprint density at radius 3 is 2.76 bits per heavy atom. The van der Waals surface area contributed by atoms with E-state index in [4.69, 9.17) is 4.42 Å². The molecular formula is C23H22N2O3S. The number of thiophene rings is 1. The van der Waals surface area contributed by atoms with Crippen molar-refractivity contribution in [3.8, 4) is 0 Å². The van der Waals surface area contributed by atoms with Crippen LogP contribution in [0.1, 0.15) is 32.6 Å². The van der Waals surface area contributed by atoms with Crippen LogP contribution in [0, 0.1) is 0 Å². The van der Waals surface area contributed by atoms with Crippen molar-refractivity contribution in [1.29, 1.82) is 0 Å². The van der Waals surface area contributed by atoms with E-state index < -0.39 is 0 Å². The number of nitrogens with zero attached hydrogens (tertiary/aromatic N) is 2. The zero-order chi connectivity index (χ0) is 20.2. The summed E-state index contributed by atoms with van der Waals surface area (Å²) in [7, 11) is 0. The van der Waals surface area contributed by atoms with Gasteiger partial charge in [0.05, 0.1) is 12.3 Å². The standard InChI is InChI=1S/C23H22N2O3S/c1-2-12-24(23(27)19-9-6-14-28-19)16-21(26)25-13-10-20-18(11-15-29-20)22(25)17-7-4-3-5-8-17/h2-9,11,14-15,22H,1,10,12-13,16H2. The van der Waals surface area contributed by atoms with Gasteiger partial charge in [-0.2, -0.15) is 0 Å². The minimum Gasteiger partial charge on any atom is -0.459 e. The lowest BCUT2D eigenvalue weighted by Gasteiger charge is -2.37. The van der Waals surface area contributed by atoms with E-state index in [1.165, 1.54) is 21.6 Å². The first kappa shape index (κ1) is 19.2. The zero-order valence-corrected chi connectivity index (χ0v) is 16.8. The highest BCUT2D eigenvalue weighted by Gasteiger charge is 2.34. The van der Waals surface area contributed by atoms with Gasteiger partial charge < -0.3 is 14.2 Å². The summed E-state index contributed by atoms with van der Waals surface area (Å²) in [5.41, 5.74) is 2.25. The number of carbonyl (C=O) groups is 2. The fourth-order valence-electron chi connectivity index (χ4n) is 3.77. The largest absolute Gasteiger partial charge is 0.459 e. The second kappa shape index (κ2) is 8.49. The first-order valence-electron chi connectivity index (χ1n) is 9.53. The lowest BCUT2D eigenvalue weighted by Crippen LogP contribution is -2.46. The molecule has 3 heterocycles. The molecule has 6 heteroatoms. The lowest BCUT2D eigenvalue weighted by molar-refractivity contribution is -0.133. The summed E-state index contributed by atoms with van der Waals surface area (Å²) in [6.45, 7) is 4.61.